The van der Waals surface area contributed by atoms with E-state index in [4.69, 9.17) is 21.1 Å². The van der Waals surface area contributed by atoms with Crippen LogP contribution in [-0.4, -0.2) is 52.0 Å². The highest BCUT2D eigenvalue weighted by Gasteiger charge is 2.34. The highest BCUT2D eigenvalue weighted by Crippen LogP contribution is 2.36. The van der Waals surface area contributed by atoms with Crippen molar-refractivity contribution in [3.8, 4) is 22.8 Å². The third kappa shape index (κ3) is 4.50. The number of imide groups is 1. The number of carbonyl (C=O) groups excluding carboxylic acids is 3. The van der Waals surface area contributed by atoms with Gasteiger partial charge in [0.25, 0.3) is 17.1 Å². The molecule has 2 aliphatic heterocycles. The molecule has 0 spiro atoms. The number of ether oxygens (including phenoxy) is 2. The van der Waals surface area contributed by atoms with E-state index >= 15 is 0 Å². The quantitative estimate of drug-likeness (QED) is 0.497. The molecule has 0 atom stereocenters. The Labute approximate surface area is 203 Å². The van der Waals surface area contributed by atoms with E-state index in [0.717, 1.165) is 27.8 Å². The van der Waals surface area contributed by atoms with Gasteiger partial charge in [0.1, 0.15) is 5.69 Å². The Bertz CT molecular complexity index is 1340. The number of carbonyl (C=O) groups is 3. The molecule has 3 aromatic rings. The summed E-state index contributed by atoms with van der Waals surface area (Å²) in [6.07, 6.45) is 1.63. The molecule has 1 fully saturated rings. The SMILES string of the molecule is O=C(NCCN1C(=O)S/C(=C\c2ccc3c(c2)OCO3)C1=O)c1cc(-c2cccc(Cl)c2)n[nH]1. The molecule has 2 aliphatic rings. The third-order valence-electron chi connectivity index (χ3n) is 5.13. The maximum atomic E-state index is 12.7. The van der Waals surface area contributed by atoms with Gasteiger partial charge in [0, 0.05) is 23.7 Å². The number of H-pyrrole nitrogens is 1. The number of nitrogens with zero attached hydrogens (tertiary/aromatic N) is 2. The molecule has 1 saturated heterocycles. The fourth-order valence-electron chi connectivity index (χ4n) is 3.46. The van der Waals surface area contributed by atoms with E-state index in [-0.39, 0.29) is 25.6 Å². The monoisotopic (exact) mass is 496 g/mol. The lowest BCUT2D eigenvalue weighted by Gasteiger charge is -2.12. The van der Waals surface area contributed by atoms with Crippen LogP contribution in [0, 0.1) is 0 Å². The van der Waals surface area contributed by atoms with Crippen LogP contribution in [0.25, 0.3) is 17.3 Å². The van der Waals surface area contributed by atoms with E-state index in [2.05, 4.69) is 15.5 Å². The zero-order valence-corrected chi connectivity index (χ0v) is 19.1. The lowest BCUT2D eigenvalue weighted by Crippen LogP contribution is -2.37. The predicted octanol–water partition coefficient (Wildman–Crippen LogP) is 3.93. The Morgan fingerprint density at radius 1 is 1.18 bits per heavy atom. The lowest BCUT2D eigenvalue weighted by molar-refractivity contribution is -0.122. The van der Waals surface area contributed by atoms with Crippen molar-refractivity contribution in [2.24, 2.45) is 0 Å². The molecular formula is C23H17ClN4O5S. The molecule has 5 rings (SSSR count). The second-order valence-corrected chi connectivity index (χ2v) is 8.81. The average molecular weight is 497 g/mol. The lowest BCUT2D eigenvalue weighted by atomic mass is 10.1. The van der Waals surface area contributed by atoms with Crippen LogP contribution in [0.1, 0.15) is 16.1 Å². The fraction of sp³-hybridized carbons (Fsp3) is 0.130. The van der Waals surface area contributed by atoms with Crippen molar-refractivity contribution < 1.29 is 23.9 Å². The van der Waals surface area contributed by atoms with Crippen molar-refractivity contribution in [3.05, 3.63) is 69.7 Å². The van der Waals surface area contributed by atoms with Crippen molar-refractivity contribution >= 4 is 46.5 Å². The summed E-state index contributed by atoms with van der Waals surface area (Å²) in [5.41, 5.74) is 2.33. The summed E-state index contributed by atoms with van der Waals surface area (Å²) in [4.78, 5) is 38.9. The highest BCUT2D eigenvalue weighted by atomic mass is 35.5. The molecule has 0 radical (unpaired) electrons. The van der Waals surface area contributed by atoms with Gasteiger partial charge in [-0.15, -0.1) is 0 Å². The van der Waals surface area contributed by atoms with E-state index in [9.17, 15) is 14.4 Å². The molecule has 11 heteroatoms. The number of fused-ring (bicyclic) bond motifs is 1. The van der Waals surface area contributed by atoms with Crippen LogP contribution >= 0.6 is 23.4 Å². The molecule has 2 N–H and O–H groups in total. The van der Waals surface area contributed by atoms with Crippen molar-refractivity contribution in [2.75, 3.05) is 19.9 Å². The van der Waals surface area contributed by atoms with Crippen LogP contribution < -0.4 is 14.8 Å². The molecule has 0 unspecified atom stereocenters. The molecule has 1 aromatic heterocycles. The number of aromatic amines is 1. The Balaban J connectivity index is 1.18. The minimum absolute atomic E-state index is 0.0458. The first-order chi connectivity index (χ1) is 16.5. The number of rotatable bonds is 6. The maximum absolute atomic E-state index is 12.7. The minimum Gasteiger partial charge on any atom is -0.454 e. The second-order valence-electron chi connectivity index (χ2n) is 7.38. The number of nitrogens with one attached hydrogen (secondary N) is 2. The first kappa shape index (κ1) is 22.1. The van der Waals surface area contributed by atoms with Gasteiger partial charge < -0.3 is 14.8 Å². The first-order valence-electron chi connectivity index (χ1n) is 10.2. The molecule has 172 valence electrons. The zero-order valence-electron chi connectivity index (χ0n) is 17.5. The van der Waals surface area contributed by atoms with Gasteiger partial charge in [-0.1, -0.05) is 29.8 Å². The van der Waals surface area contributed by atoms with E-state index in [1.807, 2.05) is 6.07 Å². The van der Waals surface area contributed by atoms with Crippen LogP contribution in [0.2, 0.25) is 5.02 Å². The summed E-state index contributed by atoms with van der Waals surface area (Å²) < 4.78 is 10.6. The van der Waals surface area contributed by atoms with Gasteiger partial charge in [0.15, 0.2) is 11.5 Å². The van der Waals surface area contributed by atoms with Crippen LogP contribution in [0.5, 0.6) is 11.5 Å². The van der Waals surface area contributed by atoms with E-state index in [1.54, 1.807) is 48.5 Å². The number of halogens is 1. The van der Waals surface area contributed by atoms with E-state index in [1.165, 1.54) is 0 Å². The molecule has 3 amide bonds. The van der Waals surface area contributed by atoms with Crippen molar-refractivity contribution in [3.63, 3.8) is 0 Å². The van der Waals surface area contributed by atoms with Gasteiger partial charge in [0.2, 0.25) is 6.79 Å². The van der Waals surface area contributed by atoms with E-state index < -0.39 is 17.1 Å². The normalized spacial score (nSPS) is 15.9. The highest BCUT2D eigenvalue weighted by molar-refractivity contribution is 8.18. The predicted molar refractivity (Wildman–Crippen MR) is 127 cm³/mol. The van der Waals surface area contributed by atoms with Gasteiger partial charge in [-0.2, -0.15) is 5.10 Å². The number of hydrogen-bond acceptors (Lipinski definition) is 7. The number of hydrogen-bond donors (Lipinski definition) is 2. The van der Waals surface area contributed by atoms with Crippen LogP contribution in [0.15, 0.2) is 53.4 Å². The molecule has 0 aliphatic carbocycles. The van der Waals surface area contributed by atoms with Gasteiger partial charge in [-0.05, 0) is 53.7 Å². The van der Waals surface area contributed by atoms with Gasteiger partial charge in [-0.25, -0.2) is 0 Å². The van der Waals surface area contributed by atoms with Gasteiger partial charge in [-0.3, -0.25) is 24.4 Å². The summed E-state index contributed by atoms with van der Waals surface area (Å²) in [7, 11) is 0. The molecule has 0 bridgehead atoms. The maximum Gasteiger partial charge on any atom is 0.293 e. The number of benzene rings is 2. The third-order valence-corrected chi connectivity index (χ3v) is 6.27. The first-order valence-corrected chi connectivity index (χ1v) is 11.4. The van der Waals surface area contributed by atoms with E-state index in [0.29, 0.717) is 27.1 Å². The standard InChI is InChI=1S/C23H17ClN4O5S/c24-15-3-1-2-14(10-15)16-11-17(27-26-16)21(29)25-6-7-28-22(30)20(34-23(28)31)9-13-4-5-18-19(8-13)33-12-32-18/h1-5,8-11H,6-7,12H2,(H,25,29)(H,26,27)/b20-9-. The van der Waals surface area contributed by atoms with Gasteiger partial charge >= 0.3 is 0 Å². The summed E-state index contributed by atoms with van der Waals surface area (Å²) in [6, 6.07) is 14.0. The summed E-state index contributed by atoms with van der Waals surface area (Å²) in [6.45, 7) is 0.297. The Kier molecular flexibility index (Phi) is 5.99. The molecule has 0 saturated carbocycles. The van der Waals surface area contributed by atoms with Crippen molar-refractivity contribution in [2.45, 2.75) is 0 Å². The zero-order chi connectivity index (χ0) is 23.7. The number of thioether (sulfide) groups is 1. The Morgan fingerprint density at radius 2 is 2.03 bits per heavy atom. The summed E-state index contributed by atoms with van der Waals surface area (Å²) in [5.74, 6) is 0.418. The number of amides is 3. The smallest absolute Gasteiger partial charge is 0.293 e. The summed E-state index contributed by atoms with van der Waals surface area (Å²) in [5, 5.41) is 9.69. The molecule has 9 nitrogen and oxygen atoms in total. The van der Waals surface area contributed by atoms with Crippen molar-refractivity contribution in [1.29, 1.82) is 0 Å². The molecule has 34 heavy (non-hydrogen) atoms. The minimum atomic E-state index is -0.410. The average Bonchev–Trinajstić information content (AvgIpc) is 3.55. The fourth-order valence-corrected chi connectivity index (χ4v) is 4.51. The second kappa shape index (κ2) is 9.24. The Morgan fingerprint density at radius 3 is 2.88 bits per heavy atom. The van der Waals surface area contributed by atoms with Crippen LogP contribution in [0.4, 0.5) is 4.79 Å². The Hall–Kier alpha value is -3.76. The number of aromatic nitrogens is 2. The largest absolute Gasteiger partial charge is 0.454 e. The van der Waals surface area contributed by atoms with Crippen molar-refractivity contribution in [1.82, 2.24) is 20.4 Å². The molecule has 2 aromatic carbocycles. The van der Waals surface area contributed by atoms with Gasteiger partial charge in [0.05, 0.1) is 10.6 Å². The van der Waals surface area contributed by atoms with Crippen LogP contribution in [-0.2, 0) is 4.79 Å². The molecule has 3 heterocycles. The molecular weight excluding hydrogens is 480 g/mol. The summed E-state index contributed by atoms with van der Waals surface area (Å²) >= 11 is 6.86. The topological polar surface area (TPSA) is 114 Å². The van der Waals surface area contributed by atoms with Crippen LogP contribution in [0.3, 0.4) is 0 Å².